The Balaban J connectivity index is 1.91. The molecule has 1 unspecified atom stereocenters. The van der Waals surface area contributed by atoms with E-state index < -0.39 is 6.03 Å². The van der Waals surface area contributed by atoms with Crippen molar-refractivity contribution in [2.75, 3.05) is 13.1 Å². The molecule has 1 fully saturated rings. The van der Waals surface area contributed by atoms with Crippen molar-refractivity contribution in [2.45, 2.75) is 45.2 Å². The summed E-state index contributed by atoms with van der Waals surface area (Å²) >= 11 is 0. The van der Waals surface area contributed by atoms with Gasteiger partial charge in [-0.15, -0.1) is 0 Å². The number of likely N-dealkylation sites (tertiary alicyclic amines) is 1. The Hall–Kier alpha value is -1.82. The SMILES string of the molecule is Cn1cccc1[C@@H]1CCC[NH+]1CC(=O)NC(=O)NC(C)(C)C. The first-order chi connectivity index (χ1) is 10.3. The Morgan fingerprint density at radius 1 is 1.41 bits per heavy atom. The average Bonchev–Trinajstić information content (AvgIpc) is 2.94. The van der Waals surface area contributed by atoms with Crippen LogP contribution in [-0.2, 0) is 11.8 Å². The van der Waals surface area contributed by atoms with Crippen LogP contribution in [0.5, 0.6) is 0 Å². The van der Waals surface area contributed by atoms with Crippen LogP contribution in [-0.4, -0.2) is 35.1 Å². The third-order valence-corrected chi connectivity index (χ3v) is 3.95. The lowest BCUT2D eigenvalue weighted by molar-refractivity contribution is -0.911. The fourth-order valence-electron chi connectivity index (χ4n) is 3.07. The van der Waals surface area contributed by atoms with Crippen molar-refractivity contribution in [2.24, 2.45) is 7.05 Å². The second kappa shape index (κ2) is 6.52. The first-order valence-corrected chi connectivity index (χ1v) is 7.84. The fraction of sp³-hybridized carbons (Fsp3) is 0.625. The minimum absolute atomic E-state index is 0.224. The molecule has 2 atom stereocenters. The number of hydrogen-bond donors (Lipinski definition) is 3. The molecule has 1 aromatic rings. The molecule has 0 spiro atoms. The summed E-state index contributed by atoms with van der Waals surface area (Å²) < 4.78 is 2.11. The molecule has 3 N–H and O–H groups in total. The van der Waals surface area contributed by atoms with Gasteiger partial charge in [0.2, 0.25) is 0 Å². The Labute approximate surface area is 131 Å². The van der Waals surface area contributed by atoms with E-state index in [2.05, 4.69) is 21.3 Å². The van der Waals surface area contributed by atoms with Crippen LogP contribution >= 0.6 is 0 Å². The van der Waals surface area contributed by atoms with Crippen molar-refractivity contribution in [3.8, 4) is 0 Å². The van der Waals surface area contributed by atoms with E-state index in [0.717, 1.165) is 19.4 Å². The number of rotatable bonds is 3. The number of nitrogens with zero attached hydrogens (tertiary/aromatic N) is 1. The zero-order chi connectivity index (χ0) is 16.3. The lowest BCUT2D eigenvalue weighted by Crippen LogP contribution is -3.11. The topological polar surface area (TPSA) is 67.6 Å². The van der Waals surface area contributed by atoms with Crippen LogP contribution in [0.25, 0.3) is 0 Å². The first kappa shape index (κ1) is 16.5. The zero-order valence-corrected chi connectivity index (χ0v) is 13.9. The molecule has 122 valence electrons. The van der Waals surface area contributed by atoms with Crippen molar-refractivity contribution < 1.29 is 14.5 Å². The molecule has 2 heterocycles. The van der Waals surface area contributed by atoms with Crippen molar-refractivity contribution in [3.63, 3.8) is 0 Å². The summed E-state index contributed by atoms with van der Waals surface area (Å²) in [7, 11) is 2.03. The second-order valence-electron chi connectivity index (χ2n) is 7.08. The van der Waals surface area contributed by atoms with Gasteiger partial charge in [0.15, 0.2) is 6.54 Å². The largest absolute Gasteiger partial charge is 0.350 e. The molecule has 1 saturated heterocycles. The van der Waals surface area contributed by atoms with Crippen LogP contribution in [0, 0.1) is 0 Å². The number of hydrogen-bond acceptors (Lipinski definition) is 2. The van der Waals surface area contributed by atoms with Crippen molar-refractivity contribution in [3.05, 3.63) is 24.0 Å². The van der Waals surface area contributed by atoms with Crippen LogP contribution < -0.4 is 15.5 Å². The van der Waals surface area contributed by atoms with Crippen LogP contribution in [0.4, 0.5) is 4.79 Å². The van der Waals surface area contributed by atoms with E-state index in [9.17, 15) is 9.59 Å². The van der Waals surface area contributed by atoms with Gasteiger partial charge >= 0.3 is 6.03 Å². The van der Waals surface area contributed by atoms with E-state index in [1.54, 1.807) is 0 Å². The first-order valence-electron chi connectivity index (χ1n) is 7.84. The van der Waals surface area contributed by atoms with Gasteiger partial charge in [0.25, 0.3) is 5.91 Å². The highest BCUT2D eigenvalue weighted by Crippen LogP contribution is 2.18. The molecule has 0 aromatic carbocycles. The van der Waals surface area contributed by atoms with Gasteiger partial charge in [0.1, 0.15) is 6.04 Å². The minimum atomic E-state index is -0.425. The predicted octanol–water partition coefficient (Wildman–Crippen LogP) is 0.369. The highest BCUT2D eigenvalue weighted by atomic mass is 16.2. The second-order valence-corrected chi connectivity index (χ2v) is 7.08. The van der Waals surface area contributed by atoms with Crippen LogP contribution in [0.15, 0.2) is 18.3 Å². The number of aryl methyl sites for hydroxylation is 1. The van der Waals surface area contributed by atoms with Crippen LogP contribution in [0.1, 0.15) is 45.3 Å². The molecule has 0 bridgehead atoms. The van der Waals surface area contributed by atoms with Gasteiger partial charge in [-0.3, -0.25) is 10.1 Å². The summed E-state index contributed by atoms with van der Waals surface area (Å²) in [5.41, 5.74) is 0.899. The van der Waals surface area contributed by atoms with E-state index in [1.165, 1.54) is 10.6 Å². The molecular formula is C16H27N4O2+. The smallest absolute Gasteiger partial charge is 0.322 e. The Morgan fingerprint density at radius 2 is 2.14 bits per heavy atom. The normalized spacial score (nSPS) is 21.6. The van der Waals surface area contributed by atoms with Gasteiger partial charge in [0.05, 0.1) is 12.2 Å². The molecule has 2 rings (SSSR count). The number of amides is 3. The number of imide groups is 1. The van der Waals surface area contributed by atoms with Gasteiger partial charge in [0, 0.05) is 31.6 Å². The predicted molar refractivity (Wildman–Crippen MR) is 84.5 cm³/mol. The Morgan fingerprint density at radius 3 is 2.73 bits per heavy atom. The molecule has 6 nitrogen and oxygen atoms in total. The van der Waals surface area contributed by atoms with Gasteiger partial charge in [-0.05, 0) is 32.9 Å². The molecule has 1 aliphatic heterocycles. The number of urea groups is 1. The fourth-order valence-corrected chi connectivity index (χ4v) is 3.07. The summed E-state index contributed by atoms with van der Waals surface area (Å²) in [6, 6.07) is 4.05. The number of carbonyl (C=O) groups is 2. The molecule has 22 heavy (non-hydrogen) atoms. The van der Waals surface area contributed by atoms with E-state index in [1.807, 2.05) is 40.1 Å². The average molecular weight is 307 g/mol. The Kier molecular flexibility index (Phi) is 4.90. The highest BCUT2D eigenvalue weighted by Gasteiger charge is 2.33. The molecule has 3 amide bonds. The third-order valence-electron chi connectivity index (χ3n) is 3.95. The van der Waals surface area contributed by atoms with Crippen molar-refractivity contribution in [1.29, 1.82) is 0 Å². The maximum atomic E-state index is 12.1. The van der Waals surface area contributed by atoms with Gasteiger partial charge in [-0.2, -0.15) is 0 Å². The third kappa shape index (κ3) is 4.34. The molecule has 0 aliphatic carbocycles. The molecule has 0 radical (unpaired) electrons. The lowest BCUT2D eigenvalue weighted by Gasteiger charge is -2.23. The van der Waals surface area contributed by atoms with Gasteiger partial charge in [-0.25, -0.2) is 4.79 Å². The number of aromatic nitrogens is 1. The molecule has 1 aromatic heterocycles. The highest BCUT2D eigenvalue weighted by molar-refractivity contribution is 5.94. The summed E-state index contributed by atoms with van der Waals surface area (Å²) in [6.45, 7) is 6.94. The minimum Gasteiger partial charge on any atom is -0.350 e. The summed E-state index contributed by atoms with van der Waals surface area (Å²) in [5, 5.41) is 5.17. The van der Waals surface area contributed by atoms with Gasteiger partial charge < -0.3 is 14.8 Å². The zero-order valence-electron chi connectivity index (χ0n) is 13.9. The monoisotopic (exact) mass is 307 g/mol. The molecule has 1 aliphatic rings. The molecular weight excluding hydrogens is 280 g/mol. The molecule has 6 heteroatoms. The Bertz CT molecular complexity index is 545. The van der Waals surface area contributed by atoms with Crippen LogP contribution in [0.3, 0.4) is 0 Å². The number of carbonyl (C=O) groups excluding carboxylic acids is 2. The van der Waals surface area contributed by atoms with E-state index in [0.29, 0.717) is 12.6 Å². The summed E-state index contributed by atoms with van der Waals surface area (Å²) in [6.07, 6.45) is 4.21. The maximum absolute atomic E-state index is 12.1. The van der Waals surface area contributed by atoms with E-state index in [-0.39, 0.29) is 11.4 Å². The lowest BCUT2D eigenvalue weighted by atomic mass is 10.1. The summed E-state index contributed by atoms with van der Waals surface area (Å²) in [4.78, 5) is 25.1. The molecule has 0 saturated carbocycles. The van der Waals surface area contributed by atoms with Crippen LogP contribution in [0.2, 0.25) is 0 Å². The van der Waals surface area contributed by atoms with Gasteiger partial charge in [-0.1, -0.05) is 0 Å². The van der Waals surface area contributed by atoms with Crippen molar-refractivity contribution in [1.82, 2.24) is 15.2 Å². The number of quaternary nitrogens is 1. The summed E-state index contributed by atoms with van der Waals surface area (Å²) in [5.74, 6) is -0.224. The standard InChI is InChI=1S/C16H26N4O2/c1-16(2,3)18-15(22)17-14(21)11-20-10-6-8-13(20)12-7-5-9-19(12)4/h5,7,9,13H,6,8,10-11H2,1-4H3,(H2,17,18,21,22)/p+1/t13-/m0/s1. The number of nitrogens with one attached hydrogen (secondary N) is 3. The quantitative estimate of drug-likeness (QED) is 0.755. The van der Waals surface area contributed by atoms with E-state index in [4.69, 9.17) is 0 Å². The maximum Gasteiger partial charge on any atom is 0.322 e. The van der Waals surface area contributed by atoms with E-state index >= 15 is 0 Å². The van der Waals surface area contributed by atoms with Crippen molar-refractivity contribution >= 4 is 11.9 Å².